The van der Waals surface area contributed by atoms with E-state index >= 15 is 0 Å². The maximum absolute atomic E-state index is 12.1. The average molecular weight is 276 g/mol. The predicted molar refractivity (Wildman–Crippen MR) is 62.9 cm³/mol. The summed E-state index contributed by atoms with van der Waals surface area (Å²) in [4.78, 5) is 11.9. The quantitative estimate of drug-likeness (QED) is 0.862. The number of ether oxygens (including phenoxy) is 1. The molecule has 0 heterocycles. The summed E-state index contributed by atoms with van der Waals surface area (Å²) in [6.45, 7) is 4.98. The summed E-state index contributed by atoms with van der Waals surface area (Å²) in [5, 5.41) is 9.82. The van der Waals surface area contributed by atoms with Gasteiger partial charge in [0.15, 0.2) is 5.78 Å². The Balaban J connectivity index is 2.97. The normalized spacial score (nSPS) is 14.1. The van der Waals surface area contributed by atoms with Gasteiger partial charge in [0.2, 0.25) is 0 Å². The Morgan fingerprint density at radius 2 is 1.84 bits per heavy atom. The number of aliphatic hydroxyl groups is 1. The Kier molecular flexibility index (Phi) is 4.25. The Labute approximate surface area is 109 Å². The summed E-state index contributed by atoms with van der Waals surface area (Å²) in [5.74, 6) is -1.13. The topological polar surface area (TPSA) is 46.5 Å². The molecule has 1 aromatic carbocycles. The fourth-order valence-corrected chi connectivity index (χ4v) is 1.40. The monoisotopic (exact) mass is 276 g/mol. The molecule has 0 bridgehead atoms. The van der Waals surface area contributed by atoms with Crippen molar-refractivity contribution in [2.45, 2.75) is 33.2 Å². The molecule has 1 aromatic rings. The number of rotatable bonds is 3. The number of hydrogen-bond donors (Lipinski definition) is 1. The molecule has 0 aromatic heterocycles. The van der Waals surface area contributed by atoms with E-state index in [4.69, 9.17) is 0 Å². The van der Waals surface area contributed by atoms with Crippen LogP contribution in [0.1, 0.15) is 31.1 Å². The van der Waals surface area contributed by atoms with Gasteiger partial charge in [-0.1, -0.05) is 32.9 Å². The van der Waals surface area contributed by atoms with E-state index in [9.17, 15) is 23.1 Å². The Hall–Kier alpha value is -1.56. The molecule has 1 atom stereocenters. The Bertz CT molecular complexity index is 461. The summed E-state index contributed by atoms with van der Waals surface area (Å²) in [5.41, 5.74) is -0.720. The highest BCUT2D eigenvalue weighted by atomic mass is 19.4. The molecule has 1 rings (SSSR count). The minimum Gasteiger partial charge on any atom is -0.406 e. The first-order valence-corrected chi connectivity index (χ1v) is 5.59. The van der Waals surface area contributed by atoms with Gasteiger partial charge in [-0.2, -0.15) is 0 Å². The van der Waals surface area contributed by atoms with Crippen molar-refractivity contribution in [1.82, 2.24) is 0 Å². The molecule has 0 radical (unpaired) electrons. The molecule has 1 unspecified atom stereocenters. The third-order valence-corrected chi connectivity index (χ3v) is 2.42. The standard InChI is InChI=1S/C13H15F3O3/c1-12(2,3)11(18)10(17)8-5-4-6-9(7-8)19-13(14,15)16/h4-7,11,18H,1-3H3. The van der Waals surface area contributed by atoms with Crippen LogP contribution in [0.25, 0.3) is 0 Å². The molecule has 0 spiro atoms. The molecular weight excluding hydrogens is 261 g/mol. The molecule has 0 aliphatic carbocycles. The van der Waals surface area contributed by atoms with Gasteiger partial charge >= 0.3 is 6.36 Å². The van der Waals surface area contributed by atoms with Crippen molar-refractivity contribution >= 4 is 5.78 Å². The molecule has 3 nitrogen and oxygen atoms in total. The van der Waals surface area contributed by atoms with Gasteiger partial charge < -0.3 is 9.84 Å². The minimum absolute atomic E-state index is 0.0239. The number of carbonyl (C=O) groups is 1. The van der Waals surface area contributed by atoms with Crippen LogP contribution in [-0.2, 0) is 0 Å². The Morgan fingerprint density at radius 1 is 1.26 bits per heavy atom. The maximum Gasteiger partial charge on any atom is 0.573 e. The van der Waals surface area contributed by atoms with Gasteiger partial charge in [0.25, 0.3) is 0 Å². The zero-order valence-electron chi connectivity index (χ0n) is 10.8. The smallest absolute Gasteiger partial charge is 0.406 e. The van der Waals surface area contributed by atoms with E-state index < -0.39 is 29.4 Å². The largest absolute Gasteiger partial charge is 0.573 e. The van der Waals surface area contributed by atoms with Gasteiger partial charge in [0.1, 0.15) is 11.9 Å². The van der Waals surface area contributed by atoms with Crippen LogP contribution in [0.5, 0.6) is 5.75 Å². The fraction of sp³-hybridized carbons (Fsp3) is 0.462. The molecule has 6 heteroatoms. The first kappa shape index (κ1) is 15.5. The first-order valence-electron chi connectivity index (χ1n) is 5.59. The van der Waals surface area contributed by atoms with E-state index in [-0.39, 0.29) is 5.56 Å². The highest BCUT2D eigenvalue weighted by molar-refractivity contribution is 6.00. The second-order valence-corrected chi connectivity index (χ2v) is 5.21. The van der Waals surface area contributed by atoms with Crippen LogP contribution in [0.3, 0.4) is 0 Å². The van der Waals surface area contributed by atoms with Gasteiger partial charge in [-0.25, -0.2) is 0 Å². The zero-order valence-corrected chi connectivity index (χ0v) is 10.8. The molecular formula is C13H15F3O3. The number of carbonyl (C=O) groups excluding carboxylic acids is 1. The molecule has 1 N–H and O–H groups in total. The summed E-state index contributed by atoms with van der Waals surface area (Å²) < 4.78 is 39.9. The van der Waals surface area contributed by atoms with Crippen molar-refractivity contribution in [3.63, 3.8) is 0 Å². The molecule has 0 fully saturated rings. The van der Waals surface area contributed by atoms with Gasteiger partial charge in [0.05, 0.1) is 0 Å². The van der Waals surface area contributed by atoms with Crippen LogP contribution in [-0.4, -0.2) is 23.4 Å². The van der Waals surface area contributed by atoms with Crippen LogP contribution in [0.15, 0.2) is 24.3 Å². The van der Waals surface area contributed by atoms with Crippen molar-refractivity contribution in [3.8, 4) is 5.75 Å². The molecule has 0 amide bonds. The lowest BCUT2D eigenvalue weighted by atomic mass is 9.84. The molecule has 106 valence electrons. The van der Waals surface area contributed by atoms with Crippen LogP contribution in [0, 0.1) is 5.41 Å². The van der Waals surface area contributed by atoms with Crippen molar-refractivity contribution in [2.24, 2.45) is 5.41 Å². The summed E-state index contributed by atoms with van der Waals surface area (Å²) in [6, 6.07) is 4.66. The second-order valence-electron chi connectivity index (χ2n) is 5.21. The van der Waals surface area contributed by atoms with Gasteiger partial charge in [-0.3, -0.25) is 4.79 Å². The van der Waals surface area contributed by atoms with E-state index in [1.54, 1.807) is 20.8 Å². The number of ketones is 1. The number of halogens is 3. The summed E-state index contributed by atoms with van der Waals surface area (Å²) >= 11 is 0. The number of Topliss-reactive ketones (excluding diaryl/α,β-unsaturated/α-hetero) is 1. The Morgan fingerprint density at radius 3 is 2.32 bits per heavy atom. The number of benzene rings is 1. The summed E-state index contributed by atoms with van der Waals surface area (Å²) in [7, 11) is 0. The number of aliphatic hydroxyl groups excluding tert-OH is 1. The van der Waals surface area contributed by atoms with Crippen LogP contribution >= 0.6 is 0 Å². The lowest BCUT2D eigenvalue weighted by Crippen LogP contribution is -2.34. The fourth-order valence-electron chi connectivity index (χ4n) is 1.40. The van der Waals surface area contributed by atoms with Crippen molar-refractivity contribution in [2.75, 3.05) is 0 Å². The maximum atomic E-state index is 12.1. The first-order chi connectivity index (χ1) is 8.50. The lowest BCUT2D eigenvalue weighted by molar-refractivity contribution is -0.274. The van der Waals surface area contributed by atoms with E-state index in [0.29, 0.717) is 0 Å². The molecule has 0 saturated carbocycles. The van der Waals surface area contributed by atoms with Crippen molar-refractivity contribution < 1.29 is 27.8 Å². The SMILES string of the molecule is CC(C)(C)C(O)C(=O)c1cccc(OC(F)(F)F)c1. The van der Waals surface area contributed by atoms with Gasteiger partial charge in [0, 0.05) is 5.56 Å². The minimum atomic E-state index is -4.82. The second kappa shape index (κ2) is 5.21. The predicted octanol–water partition coefficient (Wildman–Crippen LogP) is 3.17. The van der Waals surface area contributed by atoms with Crippen molar-refractivity contribution in [3.05, 3.63) is 29.8 Å². The third-order valence-electron chi connectivity index (χ3n) is 2.42. The molecule has 0 saturated heterocycles. The van der Waals surface area contributed by atoms with E-state index in [1.807, 2.05) is 0 Å². The van der Waals surface area contributed by atoms with E-state index in [1.165, 1.54) is 12.1 Å². The van der Waals surface area contributed by atoms with E-state index in [2.05, 4.69) is 4.74 Å². The highest BCUT2D eigenvalue weighted by Gasteiger charge is 2.32. The lowest BCUT2D eigenvalue weighted by Gasteiger charge is -2.24. The number of hydrogen-bond acceptors (Lipinski definition) is 3. The van der Waals surface area contributed by atoms with Gasteiger partial charge in [-0.15, -0.1) is 13.2 Å². The molecule has 0 aliphatic heterocycles. The zero-order chi connectivity index (χ0) is 14.8. The van der Waals surface area contributed by atoms with Crippen LogP contribution < -0.4 is 4.74 Å². The summed E-state index contributed by atoms with van der Waals surface area (Å²) in [6.07, 6.45) is -6.11. The highest BCUT2D eigenvalue weighted by Crippen LogP contribution is 2.26. The third kappa shape index (κ3) is 4.55. The van der Waals surface area contributed by atoms with Crippen LogP contribution in [0.2, 0.25) is 0 Å². The molecule has 19 heavy (non-hydrogen) atoms. The van der Waals surface area contributed by atoms with Crippen LogP contribution in [0.4, 0.5) is 13.2 Å². The van der Waals surface area contributed by atoms with Gasteiger partial charge in [-0.05, 0) is 17.5 Å². The van der Waals surface area contributed by atoms with E-state index in [0.717, 1.165) is 12.1 Å². The average Bonchev–Trinajstić information content (AvgIpc) is 2.23. The number of alkyl halides is 3. The molecule has 0 aliphatic rings. The van der Waals surface area contributed by atoms with Crippen molar-refractivity contribution in [1.29, 1.82) is 0 Å².